The molecular weight excluding hydrogens is 138 g/mol. The van der Waals surface area contributed by atoms with Crippen molar-refractivity contribution in [2.45, 2.75) is 18.6 Å². The summed E-state index contributed by atoms with van der Waals surface area (Å²) < 4.78 is 0. The summed E-state index contributed by atoms with van der Waals surface area (Å²) >= 11 is 0. The minimum absolute atomic E-state index is 1.12. The fourth-order valence-corrected chi connectivity index (χ4v) is 2.77. The van der Waals surface area contributed by atoms with Gasteiger partial charge in [-0.25, -0.2) is 0 Å². The second-order valence-electron chi connectivity index (χ2n) is 2.80. The molecular formula is C8H17NSi. The summed E-state index contributed by atoms with van der Waals surface area (Å²) in [5.74, 6) is 0. The zero-order chi connectivity index (χ0) is 8.04. The first kappa shape index (κ1) is 9.66. The van der Waals surface area contributed by atoms with Crippen LogP contribution in [0.25, 0.3) is 0 Å². The molecule has 0 amide bonds. The Morgan fingerprint density at radius 1 is 1.30 bits per heavy atom. The highest BCUT2D eigenvalue weighted by atomic mass is 28.3. The molecule has 0 rings (SSSR count). The number of hydrogen-bond acceptors (Lipinski definition) is 1. The monoisotopic (exact) mass is 155 g/mol. The van der Waals surface area contributed by atoms with E-state index in [4.69, 9.17) is 0 Å². The standard InChI is InChI=1S/C8H17NSi/c1-5-7-10(4,9-3)8-6-2/h5-6,9H,1-2,7-8H2,3-4H3. The molecule has 0 aromatic rings. The Labute approximate surface area is 64.9 Å². The summed E-state index contributed by atoms with van der Waals surface area (Å²) in [7, 11) is 0.818. The number of hydrogen-bond donors (Lipinski definition) is 1. The van der Waals surface area contributed by atoms with Crippen LogP contribution in [0.1, 0.15) is 0 Å². The van der Waals surface area contributed by atoms with Gasteiger partial charge in [-0.2, -0.15) is 0 Å². The van der Waals surface area contributed by atoms with Gasteiger partial charge in [0.05, 0.1) is 0 Å². The van der Waals surface area contributed by atoms with Gasteiger partial charge in [-0.1, -0.05) is 18.7 Å². The Morgan fingerprint density at radius 2 is 1.70 bits per heavy atom. The summed E-state index contributed by atoms with van der Waals surface area (Å²) in [5.41, 5.74) is 0. The summed E-state index contributed by atoms with van der Waals surface area (Å²) in [6.07, 6.45) is 3.98. The van der Waals surface area contributed by atoms with Gasteiger partial charge < -0.3 is 4.98 Å². The van der Waals surface area contributed by atoms with Crippen molar-refractivity contribution in [2.24, 2.45) is 0 Å². The summed E-state index contributed by atoms with van der Waals surface area (Å²) in [6.45, 7) is 9.77. The van der Waals surface area contributed by atoms with E-state index in [0.717, 1.165) is 12.1 Å². The third kappa shape index (κ3) is 2.99. The molecule has 0 aromatic heterocycles. The van der Waals surface area contributed by atoms with Gasteiger partial charge in [0.1, 0.15) is 8.24 Å². The van der Waals surface area contributed by atoms with Crippen LogP contribution in [-0.2, 0) is 0 Å². The van der Waals surface area contributed by atoms with Gasteiger partial charge in [-0.15, -0.1) is 13.2 Å². The van der Waals surface area contributed by atoms with Gasteiger partial charge in [0.25, 0.3) is 0 Å². The Balaban J connectivity index is 3.92. The van der Waals surface area contributed by atoms with Gasteiger partial charge in [-0.05, 0) is 19.1 Å². The number of rotatable bonds is 5. The average Bonchev–Trinajstić information content (AvgIpc) is 1.89. The first-order valence-electron chi connectivity index (χ1n) is 3.59. The van der Waals surface area contributed by atoms with Crippen LogP contribution in [0.15, 0.2) is 25.3 Å². The first-order valence-corrected chi connectivity index (χ1v) is 6.50. The molecule has 0 aliphatic rings. The van der Waals surface area contributed by atoms with E-state index in [1.807, 2.05) is 19.2 Å². The van der Waals surface area contributed by atoms with E-state index in [2.05, 4.69) is 24.7 Å². The van der Waals surface area contributed by atoms with Crippen LogP contribution in [-0.4, -0.2) is 15.3 Å². The lowest BCUT2D eigenvalue weighted by molar-refractivity contribution is 1.11. The summed E-state index contributed by atoms with van der Waals surface area (Å²) in [5, 5.41) is 0. The van der Waals surface area contributed by atoms with Crippen LogP contribution in [0.5, 0.6) is 0 Å². The van der Waals surface area contributed by atoms with E-state index in [0.29, 0.717) is 0 Å². The SMILES string of the molecule is C=CC[Si](C)(CC=C)NC. The molecule has 0 heterocycles. The third-order valence-electron chi connectivity index (χ3n) is 1.79. The molecule has 0 atom stereocenters. The molecule has 0 unspecified atom stereocenters. The molecule has 0 fully saturated rings. The summed E-state index contributed by atoms with van der Waals surface area (Å²) in [4.78, 5) is 3.38. The van der Waals surface area contributed by atoms with Crippen molar-refractivity contribution in [3.8, 4) is 0 Å². The zero-order valence-corrected chi connectivity index (χ0v) is 7.98. The van der Waals surface area contributed by atoms with Crippen molar-refractivity contribution in [1.29, 1.82) is 0 Å². The van der Waals surface area contributed by atoms with Crippen molar-refractivity contribution in [2.75, 3.05) is 7.05 Å². The van der Waals surface area contributed by atoms with E-state index in [1.165, 1.54) is 0 Å². The van der Waals surface area contributed by atoms with Gasteiger partial charge >= 0.3 is 0 Å². The Morgan fingerprint density at radius 3 is 1.90 bits per heavy atom. The van der Waals surface area contributed by atoms with Crippen molar-refractivity contribution >= 4 is 8.24 Å². The maximum atomic E-state index is 3.74. The topological polar surface area (TPSA) is 12.0 Å². The predicted octanol–water partition coefficient (Wildman–Crippen LogP) is 2.15. The van der Waals surface area contributed by atoms with Gasteiger partial charge in [0.2, 0.25) is 0 Å². The van der Waals surface area contributed by atoms with Gasteiger partial charge in [0.15, 0.2) is 0 Å². The van der Waals surface area contributed by atoms with E-state index in [9.17, 15) is 0 Å². The molecule has 10 heavy (non-hydrogen) atoms. The van der Waals surface area contributed by atoms with E-state index in [-0.39, 0.29) is 0 Å². The highest BCUT2D eigenvalue weighted by Crippen LogP contribution is 2.11. The highest BCUT2D eigenvalue weighted by molar-refractivity contribution is 6.77. The van der Waals surface area contributed by atoms with E-state index in [1.54, 1.807) is 0 Å². The maximum Gasteiger partial charge on any atom is 0.129 e. The molecule has 0 aliphatic carbocycles. The zero-order valence-electron chi connectivity index (χ0n) is 6.98. The molecule has 0 aliphatic heterocycles. The second-order valence-corrected chi connectivity index (χ2v) is 7.23. The molecule has 2 heteroatoms. The van der Waals surface area contributed by atoms with Crippen LogP contribution < -0.4 is 4.98 Å². The predicted molar refractivity (Wildman–Crippen MR) is 50.7 cm³/mol. The largest absolute Gasteiger partial charge is 0.340 e. The minimum atomic E-state index is -1.21. The quantitative estimate of drug-likeness (QED) is 0.474. The lowest BCUT2D eigenvalue weighted by atomic mass is 10.7. The second kappa shape index (κ2) is 4.47. The molecule has 0 saturated heterocycles. The molecule has 0 bridgehead atoms. The average molecular weight is 155 g/mol. The lowest BCUT2D eigenvalue weighted by Gasteiger charge is -2.22. The number of allylic oxidation sites excluding steroid dienone is 2. The molecule has 0 spiro atoms. The van der Waals surface area contributed by atoms with Crippen LogP contribution in [0.2, 0.25) is 18.6 Å². The van der Waals surface area contributed by atoms with Crippen LogP contribution >= 0.6 is 0 Å². The van der Waals surface area contributed by atoms with Gasteiger partial charge in [-0.3, -0.25) is 0 Å². The van der Waals surface area contributed by atoms with Crippen molar-refractivity contribution < 1.29 is 0 Å². The van der Waals surface area contributed by atoms with E-state index >= 15 is 0 Å². The summed E-state index contributed by atoms with van der Waals surface area (Å²) in [6, 6.07) is 2.24. The Hall–Kier alpha value is -0.343. The van der Waals surface area contributed by atoms with Crippen LogP contribution in [0, 0.1) is 0 Å². The Bertz CT molecular complexity index is 110. The smallest absolute Gasteiger partial charge is 0.129 e. The molecule has 0 radical (unpaired) electrons. The first-order chi connectivity index (χ1) is 4.68. The van der Waals surface area contributed by atoms with Crippen molar-refractivity contribution in [3.05, 3.63) is 25.3 Å². The molecule has 1 N–H and O–H groups in total. The molecule has 1 nitrogen and oxygen atoms in total. The van der Waals surface area contributed by atoms with Crippen molar-refractivity contribution in [1.82, 2.24) is 4.98 Å². The number of nitrogens with one attached hydrogen (secondary N) is 1. The Kier molecular flexibility index (Phi) is 4.32. The fraction of sp³-hybridized carbons (Fsp3) is 0.500. The molecule has 58 valence electrons. The highest BCUT2D eigenvalue weighted by Gasteiger charge is 2.20. The van der Waals surface area contributed by atoms with Gasteiger partial charge in [0, 0.05) is 0 Å². The van der Waals surface area contributed by atoms with E-state index < -0.39 is 8.24 Å². The van der Waals surface area contributed by atoms with Crippen LogP contribution in [0.3, 0.4) is 0 Å². The lowest BCUT2D eigenvalue weighted by Crippen LogP contribution is -2.43. The van der Waals surface area contributed by atoms with Crippen LogP contribution in [0.4, 0.5) is 0 Å². The third-order valence-corrected chi connectivity index (χ3v) is 5.38. The molecule has 0 aromatic carbocycles. The minimum Gasteiger partial charge on any atom is -0.340 e. The maximum absolute atomic E-state index is 3.74. The fourth-order valence-electron chi connectivity index (χ4n) is 0.925. The van der Waals surface area contributed by atoms with Crippen molar-refractivity contribution in [3.63, 3.8) is 0 Å². The normalized spacial score (nSPS) is 11.0. The molecule has 0 saturated carbocycles.